The van der Waals surface area contributed by atoms with E-state index in [2.05, 4.69) is 70.6 Å². The average Bonchev–Trinajstić information content (AvgIpc) is 3.10. The Balaban J connectivity index is 1.64. The van der Waals surface area contributed by atoms with Crippen LogP contribution in [-0.2, 0) is 0 Å². The molecule has 0 aliphatic rings. The molecule has 1 heterocycles. The molecule has 0 radical (unpaired) electrons. The number of aromatic nitrogens is 2. The maximum Gasteiger partial charge on any atom is 0.204 e. The van der Waals surface area contributed by atoms with Crippen molar-refractivity contribution in [3.63, 3.8) is 0 Å². The minimum Gasteiger partial charge on any atom is -0.357 e. The van der Waals surface area contributed by atoms with Crippen LogP contribution in [0, 0.1) is 0 Å². The van der Waals surface area contributed by atoms with Crippen molar-refractivity contribution in [3.05, 3.63) is 84.2 Å². The number of benzene rings is 2. The van der Waals surface area contributed by atoms with Crippen molar-refractivity contribution in [3.8, 4) is 0 Å². The maximum absolute atomic E-state index is 4.29. The van der Waals surface area contributed by atoms with Crippen LogP contribution >= 0.6 is 0 Å². The molecule has 0 unspecified atom stereocenters. The van der Waals surface area contributed by atoms with Gasteiger partial charge in [-0.3, -0.25) is 4.98 Å². The van der Waals surface area contributed by atoms with E-state index >= 15 is 0 Å². The number of hydrogen-bond donors (Lipinski definition) is 1. The first-order valence-electron chi connectivity index (χ1n) is 8.01. The summed E-state index contributed by atoms with van der Waals surface area (Å²) in [4.78, 5) is 7.47. The van der Waals surface area contributed by atoms with Crippen molar-refractivity contribution >= 4 is 13.0 Å². The van der Waals surface area contributed by atoms with Gasteiger partial charge in [0, 0.05) is 18.3 Å². The van der Waals surface area contributed by atoms with Gasteiger partial charge in [0.15, 0.2) is 0 Å². The number of nitrogens with zero attached hydrogens (tertiary/aromatic N) is 1. The molecular weight excluding hydrogens is 267 g/mol. The first kappa shape index (κ1) is 14.6. The van der Waals surface area contributed by atoms with E-state index in [0.717, 1.165) is 13.0 Å². The van der Waals surface area contributed by atoms with E-state index in [1.807, 2.05) is 12.4 Å². The first-order chi connectivity index (χ1) is 10.9. The number of aromatic amines is 1. The fraction of sp³-hybridized carbons (Fsp3) is 0.211. The molecule has 0 spiro atoms. The summed E-state index contributed by atoms with van der Waals surface area (Å²) >= 11 is 0. The predicted molar refractivity (Wildman–Crippen MR) is 94.1 cm³/mol. The Kier molecular flexibility index (Phi) is 5.09. The van der Waals surface area contributed by atoms with Gasteiger partial charge in [0.1, 0.15) is 0 Å². The first-order valence-corrected chi connectivity index (χ1v) is 8.01. The highest BCUT2D eigenvalue weighted by molar-refractivity contribution is 6.51. The summed E-state index contributed by atoms with van der Waals surface area (Å²) in [5, 5.41) is 0. The van der Waals surface area contributed by atoms with Crippen LogP contribution in [0.2, 0.25) is 6.32 Å². The zero-order valence-electron chi connectivity index (χ0n) is 12.8. The third-order valence-corrected chi connectivity index (χ3v) is 4.12. The van der Waals surface area contributed by atoms with Crippen molar-refractivity contribution in [1.82, 2.24) is 9.97 Å². The van der Waals surface area contributed by atoms with E-state index in [4.69, 9.17) is 0 Å². The third kappa shape index (κ3) is 3.88. The van der Waals surface area contributed by atoms with Crippen molar-refractivity contribution in [1.29, 1.82) is 0 Å². The molecule has 3 aromatic rings. The normalized spacial score (nSPS) is 10.8. The molecule has 0 fully saturated rings. The van der Waals surface area contributed by atoms with E-state index in [1.165, 1.54) is 30.3 Å². The Hall–Kier alpha value is -2.29. The summed E-state index contributed by atoms with van der Waals surface area (Å²) in [6.07, 6.45) is 7.27. The van der Waals surface area contributed by atoms with Gasteiger partial charge >= 0.3 is 0 Å². The second kappa shape index (κ2) is 7.65. The van der Waals surface area contributed by atoms with Gasteiger partial charge in [-0.05, 0) is 17.5 Å². The third-order valence-electron chi connectivity index (χ3n) is 4.12. The molecule has 1 N–H and O–H groups in total. The Morgan fingerprint density at radius 3 is 2.09 bits per heavy atom. The highest BCUT2D eigenvalue weighted by atomic mass is 14.9. The van der Waals surface area contributed by atoms with Gasteiger partial charge < -0.3 is 4.98 Å². The van der Waals surface area contributed by atoms with Gasteiger partial charge in [-0.2, -0.15) is 0 Å². The fourth-order valence-corrected chi connectivity index (χ4v) is 2.97. The predicted octanol–water partition coefficient (Wildman–Crippen LogP) is 3.50. The zero-order valence-corrected chi connectivity index (χ0v) is 12.8. The lowest BCUT2D eigenvalue weighted by atomic mass is 9.71. The number of rotatable bonds is 7. The molecule has 0 saturated carbocycles. The Morgan fingerprint density at radius 2 is 1.55 bits per heavy atom. The van der Waals surface area contributed by atoms with Crippen molar-refractivity contribution in [2.45, 2.75) is 25.1 Å². The molecular formula is C19H21BN2. The van der Waals surface area contributed by atoms with Crippen LogP contribution in [0.1, 0.15) is 29.9 Å². The summed E-state index contributed by atoms with van der Waals surface area (Å²) < 4.78 is 0. The zero-order chi connectivity index (χ0) is 15.0. The van der Waals surface area contributed by atoms with Gasteiger partial charge in [-0.1, -0.05) is 73.4 Å². The summed E-state index contributed by atoms with van der Waals surface area (Å²) in [6.45, 7) is 0. The summed E-state index contributed by atoms with van der Waals surface area (Å²) in [6, 6.07) is 21.7. The van der Waals surface area contributed by atoms with Gasteiger partial charge in [-0.15, -0.1) is 0 Å². The largest absolute Gasteiger partial charge is 0.357 e. The molecule has 0 atom stereocenters. The van der Waals surface area contributed by atoms with Crippen molar-refractivity contribution < 1.29 is 0 Å². The molecule has 0 saturated heterocycles. The lowest BCUT2D eigenvalue weighted by Gasteiger charge is -2.18. The molecule has 2 nitrogen and oxygen atoms in total. The van der Waals surface area contributed by atoms with Gasteiger partial charge in [0.05, 0.1) is 5.72 Å². The van der Waals surface area contributed by atoms with Gasteiger partial charge in [0.2, 0.25) is 7.28 Å². The summed E-state index contributed by atoms with van der Waals surface area (Å²) in [5.74, 6) is 0.485. The van der Waals surface area contributed by atoms with Crippen LogP contribution in [0.5, 0.6) is 0 Å². The SMILES string of the molecule is B(CCCC(c1ccccc1)c1ccccc1)c1ncc[nH]1. The monoisotopic (exact) mass is 288 g/mol. The molecule has 2 aromatic carbocycles. The van der Waals surface area contributed by atoms with E-state index in [9.17, 15) is 0 Å². The van der Waals surface area contributed by atoms with E-state index < -0.39 is 0 Å². The van der Waals surface area contributed by atoms with Crippen molar-refractivity contribution in [2.24, 2.45) is 0 Å². The number of hydrogen-bond acceptors (Lipinski definition) is 1. The van der Waals surface area contributed by atoms with Crippen LogP contribution in [-0.4, -0.2) is 17.2 Å². The van der Waals surface area contributed by atoms with Crippen molar-refractivity contribution in [2.75, 3.05) is 0 Å². The molecule has 1 aromatic heterocycles. The molecule has 3 rings (SSSR count). The number of nitrogens with one attached hydrogen (secondary N) is 1. The van der Waals surface area contributed by atoms with E-state index in [0.29, 0.717) is 5.92 Å². The molecule has 0 aliphatic heterocycles. The fourth-order valence-electron chi connectivity index (χ4n) is 2.97. The molecule has 0 amide bonds. The van der Waals surface area contributed by atoms with E-state index in [-0.39, 0.29) is 0 Å². The second-order valence-electron chi connectivity index (χ2n) is 5.66. The van der Waals surface area contributed by atoms with Crippen LogP contribution in [0.25, 0.3) is 0 Å². The Labute approximate surface area is 132 Å². The van der Waals surface area contributed by atoms with Crippen LogP contribution in [0.3, 0.4) is 0 Å². The molecule has 22 heavy (non-hydrogen) atoms. The molecule has 110 valence electrons. The maximum atomic E-state index is 4.29. The average molecular weight is 288 g/mol. The standard InChI is InChI=1S/C19H21BN2/c1-3-8-16(9-4-1)18(17-10-5-2-6-11-17)12-7-13-20-19-21-14-15-22-19/h1-6,8-11,14-15,18,20H,7,12-13H2,(H,21,22). The Morgan fingerprint density at radius 1 is 0.909 bits per heavy atom. The summed E-state index contributed by atoms with van der Waals surface area (Å²) in [7, 11) is 1.03. The summed E-state index contributed by atoms with van der Waals surface area (Å²) in [5.41, 5.74) is 3.91. The second-order valence-corrected chi connectivity index (χ2v) is 5.66. The van der Waals surface area contributed by atoms with Gasteiger partial charge in [-0.25, -0.2) is 0 Å². The Bertz CT molecular complexity index is 611. The van der Waals surface area contributed by atoms with Crippen LogP contribution in [0.4, 0.5) is 0 Å². The molecule has 0 aliphatic carbocycles. The molecule has 0 bridgehead atoms. The highest BCUT2D eigenvalue weighted by Crippen LogP contribution is 2.29. The highest BCUT2D eigenvalue weighted by Gasteiger charge is 2.13. The minimum atomic E-state index is 0.485. The van der Waals surface area contributed by atoms with E-state index in [1.54, 1.807) is 0 Å². The van der Waals surface area contributed by atoms with Crippen LogP contribution < -0.4 is 5.72 Å². The van der Waals surface area contributed by atoms with Gasteiger partial charge in [0.25, 0.3) is 0 Å². The number of H-pyrrole nitrogens is 1. The smallest absolute Gasteiger partial charge is 0.204 e. The molecule has 3 heteroatoms. The lowest BCUT2D eigenvalue weighted by Crippen LogP contribution is -2.17. The van der Waals surface area contributed by atoms with Crippen LogP contribution in [0.15, 0.2) is 73.1 Å². The lowest BCUT2D eigenvalue weighted by molar-refractivity contribution is 0.697. The quantitative estimate of drug-likeness (QED) is 0.523. The minimum absolute atomic E-state index is 0.485. The number of imidazole rings is 1. The topological polar surface area (TPSA) is 28.7 Å².